The molecule has 0 saturated carbocycles. The molecular formula is C14H16N6S. The van der Waals surface area contributed by atoms with Gasteiger partial charge in [-0.05, 0) is 36.4 Å². The molecule has 0 amide bonds. The minimum Gasteiger partial charge on any atom is -0.341 e. The van der Waals surface area contributed by atoms with Gasteiger partial charge in [0.15, 0.2) is 5.65 Å². The predicted octanol–water partition coefficient (Wildman–Crippen LogP) is 2.32. The quantitative estimate of drug-likeness (QED) is 0.704. The summed E-state index contributed by atoms with van der Waals surface area (Å²) in [5.74, 6) is 0. The van der Waals surface area contributed by atoms with Gasteiger partial charge in [-0.2, -0.15) is 0 Å². The fraction of sp³-hybridized carbons (Fsp3) is 0.286. The van der Waals surface area contributed by atoms with Gasteiger partial charge in [0, 0.05) is 12.7 Å². The van der Waals surface area contributed by atoms with Crippen molar-refractivity contribution in [1.82, 2.24) is 30.2 Å². The Kier molecular flexibility index (Phi) is 4.12. The highest BCUT2D eigenvalue weighted by atomic mass is 32.2. The fourth-order valence-corrected chi connectivity index (χ4v) is 2.87. The zero-order valence-electron chi connectivity index (χ0n) is 11.9. The number of nitrogens with zero attached hydrogens (tertiary/aromatic N) is 4. The number of imidazole rings is 1. The summed E-state index contributed by atoms with van der Waals surface area (Å²) in [6.45, 7) is 5.95. The van der Waals surface area contributed by atoms with Gasteiger partial charge in [-0.1, -0.05) is 13.0 Å². The topological polar surface area (TPSA) is 79.4 Å². The van der Waals surface area contributed by atoms with E-state index in [0.29, 0.717) is 5.65 Å². The minimum atomic E-state index is 0.675. The van der Waals surface area contributed by atoms with Crippen LogP contribution in [0.4, 0.5) is 0 Å². The van der Waals surface area contributed by atoms with Gasteiger partial charge in [-0.3, -0.25) is 0 Å². The average Bonchev–Trinajstić information content (AvgIpc) is 2.97. The van der Waals surface area contributed by atoms with E-state index in [1.54, 1.807) is 6.33 Å². The number of aromatic nitrogens is 5. The van der Waals surface area contributed by atoms with Crippen LogP contribution in [0.5, 0.6) is 0 Å². The molecule has 3 aromatic rings. The molecule has 0 unspecified atom stereocenters. The Bertz CT molecular complexity index is 754. The molecule has 0 fully saturated rings. The zero-order chi connectivity index (χ0) is 14.7. The van der Waals surface area contributed by atoms with Crippen LogP contribution >= 0.6 is 11.8 Å². The Labute approximate surface area is 126 Å². The van der Waals surface area contributed by atoms with Gasteiger partial charge in [-0.15, -0.1) is 0 Å². The third kappa shape index (κ3) is 3.03. The summed E-state index contributed by atoms with van der Waals surface area (Å²) in [4.78, 5) is 20.2. The van der Waals surface area contributed by atoms with Crippen molar-refractivity contribution in [2.24, 2.45) is 0 Å². The van der Waals surface area contributed by atoms with Gasteiger partial charge in [0.2, 0.25) is 0 Å². The van der Waals surface area contributed by atoms with Gasteiger partial charge in [0.1, 0.15) is 21.9 Å². The summed E-state index contributed by atoms with van der Waals surface area (Å²) in [6.07, 6.45) is 5.06. The lowest BCUT2D eigenvalue weighted by atomic mass is 10.2. The average molecular weight is 300 g/mol. The van der Waals surface area contributed by atoms with Crippen LogP contribution in [0.25, 0.3) is 11.2 Å². The first kappa shape index (κ1) is 14.0. The molecule has 0 spiro atoms. The van der Waals surface area contributed by atoms with Gasteiger partial charge in [-0.25, -0.2) is 19.9 Å². The largest absolute Gasteiger partial charge is 0.341 e. The number of aromatic amines is 1. The number of rotatable bonds is 5. The van der Waals surface area contributed by atoms with Crippen molar-refractivity contribution < 1.29 is 0 Å². The normalized spacial score (nSPS) is 11.1. The number of hydrogen-bond acceptors (Lipinski definition) is 6. The van der Waals surface area contributed by atoms with Gasteiger partial charge in [0.25, 0.3) is 0 Å². The maximum Gasteiger partial charge on any atom is 0.181 e. The zero-order valence-corrected chi connectivity index (χ0v) is 12.7. The van der Waals surface area contributed by atoms with Gasteiger partial charge >= 0.3 is 0 Å². The minimum absolute atomic E-state index is 0.675. The van der Waals surface area contributed by atoms with Crippen molar-refractivity contribution in [2.75, 3.05) is 6.54 Å². The first-order chi connectivity index (χ1) is 10.3. The first-order valence-electron chi connectivity index (χ1n) is 6.76. The fourth-order valence-electron chi connectivity index (χ4n) is 2.01. The highest BCUT2D eigenvalue weighted by molar-refractivity contribution is 7.99. The summed E-state index contributed by atoms with van der Waals surface area (Å²) in [5, 5.41) is 5.09. The Morgan fingerprint density at radius 1 is 1.19 bits per heavy atom. The second kappa shape index (κ2) is 6.19. The second-order valence-electron chi connectivity index (χ2n) is 4.63. The second-order valence-corrected chi connectivity index (χ2v) is 5.61. The molecule has 21 heavy (non-hydrogen) atoms. The number of H-pyrrole nitrogens is 1. The molecule has 0 bridgehead atoms. The first-order valence-corrected chi connectivity index (χ1v) is 7.57. The summed E-state index contributed by atoms with van der Waals surface area (Å²) in [5.41, 5.74) is 3.85. The Morgan fingerprint density at radius 2 is 2.10 bits per heavy atom. The molecule has 0 aliphatic rings. The van der Waals surface area contributed by atoms with Crippen molar-refractivity contribution >= 4 is 22.9 Å². The van der Waals surface area contributed by atoms with E-state index < -0.39 is 0 Å². The van der Waals surface area contributed by atoms with Crippen LogP contribution < -0.4 is 5.32 Å². The lowest BCUT2D eigenvalue weighted by Crippen LogP contribution is -2.12. The Morgan fingerprint density at radius 3 is 2.90 bits per heavy atom. The molecule has 0 radical (unpaired) electrons. The third-order valence-electron chi connectivity index (χ3n) is 3.05. The van der Waals surface area contributed by atoms with E-state index in [-0.39, 0.29) is 0 Å². The molecule has 0 aliphatic carbocycles. The van der Waals surface area contributed by atoms with Crippen LogP contribution in [0, 0.1) is 6.92 Å². The molecule has 0 atom stereocenters. The van der Waals surface area contributed by atoms with Crippen molar-refractivity contribution in [1.29, 1.82) is 0 Å². The number of pyridine rings is 1. The summed E-state index contributed by atoms with van der Waals surface area (Å²) in [6, 6.07) is 2.16. The van der Waals surface area contributed by atoms with E-state index in [9.17, 15) is 0 Å². The van der Waals surface area contributed by atoms with Crippen molar-refractivity contribution in [3.05, 3.63) is 36.0 Å². The number of fused-ring (bicyclic) bond motifs is 1. The van der Waals surface area contributed by atoms with Crippen LogP contribution in [0.2, 0.25) is 0 Å². The molecule has 3 aromatic heterocycles. The van der Waals surface area contributed by atoms with E-state index in [2.05, 4.69) is 50.2 Å². The maximum atomic E-state index is 4.55. The smallest absolute Gasteiger partial charge is 0.181 e. The van der Waals surface area contributed by atoms with Crippen LogP contribution in [0.3, 0.4) is 0 Å². The van der Waals surface area contributed by atoms with E-state index in [4.69, 9.17) is 0 Å². The molecule has 0 saturated heterocycles. The van der Waals surface area contributed by atoms with Crippen LogP contribution in [-0.2, 0) is 6.54 Å². The monoisotopic (exact) mass is 300 g/mol. The predicted molar refractivity (Wildman–Crippen MR) is 82.2 cm³/mol. The summed E-state index contributed by atoms with van der Waals surface area (Å²) >= 11 is 1.53. The maximum absolute atomic E-state index is 4.55. The number of hydrogen-bond donors (Lipinski definition) is 2. The van der Waals surface area contributed by atoms with E-state index in [1.807, 2.05) is 6.20 Å². The molecular weight excluding hydrogens is 284 g/mol. The molecule has 3 heterocycles. The standard InChI is InChI=1S/C14H16N6S/c1-3-15-5-10-4-9(2)13(16-6-10)21-14-11-12(18-7-17-11)19-8-20-14/h4,6-8,15H,3,5H2,1-2H3,(H,17,18,19,20). The molecule has 2 N–H and O–H groups in total. The molecule has 6 nitrogen and oxygen atoms in total. The molecule has 0 aliphatic heterocycles. The van der Waals surface area contributed by atoms with E-state index >= 15 is 0 Å². The molecule has 7 heteroatoms. The van der Waals surface area contributed by atoms with Crippen LogP contribution in [-0.4, -0.2) is 31.5 Å². The molecule has 0 aromatic carbocycles. The van der Waals surface area contributed by atoms with Gasteiger partial charge < -0.3 is 10.3 Å². The Hall–Kier alpha value is -1.99. The van der Waals surface area contributed by atoms with E-state index in [1.165, 1.54) is 23.7 Å². The number of aryl methyl sites for hydroxylation is 1. The van der Waals surface area contributed by atoms with Crippen LogP contribution in [0.1, 0.15) is 18.1 Å². The summed E-state index contributed by atoms with van der Waals surface area (Å²) < 4.78 is 0. The third-order valence-corrected chi connectivity index (χ3v) is 4.17. The van der Waals surface area contributed by atoms with E-state index in [0.717, 1.165) is 34.2 Å². The van der Waals surface area contributed by atoms with Crippen LogP contribution in [0.15, 0.2) is 35.0 Å². The number of nitrogens with one attached hydrogen (secondary N) is 2. The van der Waals surface area contributed by atoms with Crippen molar-refractivity contribution in [3.8, 4) is 0 Å². The summed E-state index contributed by atoms with van der Waals surface area (Å²) in [7, 11) is 0. The van der Waals surface area contributed by atoms with Gasteiger partial charge in [0.05, 0.1) is 6.33 Å². The molecule has 108 valence electrons. The lowest BCUT2D eigenvalue weighted by molar-refractivity contribution is 0.721. The highest BCUT2D eigenvalue weighted by Crippen LogP contribution is 2.30. The lowest BCUT2D eigenvalue weighted by Gasteiger charge is -2.07. The Balaban J connectivity index is 1.86. The molecule has 3 rings (SSSR count). The van der Waals surface area contributed by atoms with Crippen molar-refractivity contribution in [3.63, 3.8) is 0 Å². The highest BCUT2D eigenvalue weighted by Gasteiger charge is 2.10. The van der Waals surface area contributed by atoms with Crippen molar-refractivity contribution in [2.45, 2.75) is 30.4 Å². The SMILES string of the molecule is CCNCc1cnc(Sc2ncnc3nc[nH]c23)c(C)c1.